The molecule has 0 aliphatic heterocycles. The van der Waals surface area contributed by atoms with Gasteiger partial charge in [-0.3, -0.25) is 14.9 Å². The van der Waals surface area contributed by atoms with E-state index in [1.807, 2.05) is 0 Å². The molecule has 2 aromatic rings. The molecule has 0 bridgehead atoms. The summed E-state index contributed by atoms with van der Waals surface area (Å²) < 4.78 is 0. The second kappa shape index (κ2) is 17.4. The maximum absolute atomic E-state index is 11.7. The van der Waals surface area contributed by atoms with Gasteiger partial charge in [-0.1, -0.05) is 90.4 Å². The van der Waals surface area contributed by atoms with E-state index in [2.05, 4.69) is 27.5 Å². The van der Waals surface area contributed by atoms with E-state index in [1.54, 1.807) is 24.3 Å². The van der Waals surface area contributed by atoms with Crippen molar-refractivity contribution < 1.29 is 9.72 Å². The highest BCUT2D eigenvalue weighted by molar-refractivity contribution is 5.94. The summed E-state index contributed by atoms with van der Waals surface area (Å²) in [6.07, 6.45) is 19.4. The fourth-order valence-electron chi connectivity index (χ4n) is 4.22. The number of nitrogens with one attached hydrogen (secondary N) is 2. The Labute approximate surface area is 215 Å². The quantitative estimate of drug-likeness (QED) is 0.0820. The van der Waals surface area contributed by atoms with Crippen molar-refractivity contribution in [2.24, 2.45) is 0 Å². The molecule has 0 unspecified atom stereocenters. The first-order valence-electron chi connectivity index (χ1n) is 13.6. The highest BCUT2D eigenvalue weighted by atomic mass is 16.6. The van der Waals surface area contributed by atoms with Crippen LogP contribution < -0.4 is 10.6 Å². The molecule has 2 N–H and O–H groups in total. The third-order valence-electron chi connectivity index (χ3n) is 6.38. The van der Waals surface area contributed by atoms with Crippen LogP contribution in [-0.4, -0.2) is 27.2 Å². The number of hydrogen-bond donors (Lipinski definition) is 2. The summed E-state index contributed by atoms with van der Waals surface area (Å²) in [6, 6.07) is 6.74. The van der Waals surface area contributed by atoms with Gasteiger partial charge in [-0.15, -0.1) is 0 Å². The lowest BCUT2D eigenvalue weighted by Gasteiger charge is -2.10. The fourth-order valence-corrected chi connectivity index (χ4v) is 4.22. The summed E-state index contributed by atoms with van der Waals surface area (Å²) in [5.74, 6) is 0.297. The van der Waals surface area contributed by atoms with Crippen molar-refractivity contribution in [3.8, 4) is 0 Å². The van der Waals surface area contributed by atoms with E-state index in [-0.39, 0.29) is 23.1 Å². The molecule has 0 spiro atoms. The Bertz CT molecular complexity index is 918. The highest BCUT2D eigenvalue weighted by Gasteiger charge is 2.23. The molecule has 8 heteroatoms. The molecule has 0 saturated heterocycles. The molecule has 0 saturated carbocycles. The van der Waals surface area contributed by atoms with Gasteiger partial charge in [-0.2, -0.15) is 0 Å². The molecule has 1 aromatic carbocycles. The van der Waals surface area contributed by atoms with Crippen LogP contribution in [0.2, 0.25) is 0 Å². The third kappa shape index (κ3) is 11.1. The fraction of sp³-hybridized carbons (Fsp3) is 0.607. The molecule has 0 atom stereocenters. The molecule has 1 aromatic heterocycles. The Morgan fingerprint density at radius 3 is 1.81 bits per heavy atom. The number of unbranched alkanes of at least 4 members (excludes halogenated alkanes) is 13. The second-order valence-electron chi connectivity index (χ2n) is 9.46. The summed E-state index contributed by atoms with van der Waals surface area (Å²) in [5, 5.41) is 17.8. The molecule has 8 nitrogen and oxygen atoms in total. The maximum Gasteiger partial charge on any atom is 0.353 e. The van der Waals surface area contributed by atoms with Crippen molar-refractivity contribution in [1.29, 1.82) is 0 Å². The van der Waals surface area contributed by atoms with E-state index < -0.39 is 4.92 Å². The Balaban J connectivity index is 1.66. The van der Waals surface area contributed by atoms with Crippen LogP contribution in [0.5, 0.6) is 0 Å². The number of benzene rings is 1. The average Bonchev–Trinajstić information content (AvgIpc) is 2.86. The molecule has 0 aliphatic rings. The van der Waals surface area contributed by atoms with E-state index in [1.165, 1.54) is 90.3 Å². The zero-order valence-corrected chi connectivity index (χ0v) is 22.1. The van der Waals surface area contributed by atoms with Crippen LogP contribution in [0.4, 0.5) is 23.0 Å². The van der Waals surface area contributed by atoms with Crippen LogP contribution in [0.3, 0.4) is 0 Å². The lowest BCUT2D eigenvalue weighted by Crippen LogP contribution is -2.09. The van der Waals surface area contributed by atoms with Gasteiger partial charge in [0.15, 0.2) is 5.78 Å². The number of carbonyl (C=O) groups excluding carboxylic acids is 1. The summed E-state index contributed by atoms with van der Waals surface area (Å²) in [7, 11) is 0. The highest BCUT2D eigenvalue weighted by Crippen LogP contribution is 2.31. The van der Waals surface area contributed by atoms with Crippen molar-refractivity contribution >= 4 is 28.8 Å². The minimum atomic E-state index is -0.472. The zero-order chi connectivity index (χ0) is 26.0. The van der Waals surface area contributed by atoms with E-state index in [0.717, 1.165) is 12.8 Å². The van der Waals surface area contributed by atoms with Crippen molar-refractivity contribution in [2.45, 2.75) is 104 Å². The number of nitro groups is 1. The largest absolute Gasteiger partial charge is 0.364 e. The van der Waals surface area contributed by atoms with Crippen molar-refractivity contribution in [3.05, 3.63) is 46.3 Å². The van der Waals surface area contributed by atoms with E-state index in [4.69, 9.17) is 0 Å². The first kappa shape index (κ1) is 29.2. The van der Waals surface area contributed by atoms with E-state index in [9.17, 15) is 14.9 Å². The maximum atomic E-state index is 11.7. The summed E-state index contributed by atoms with van der Waals surface area (Å²) in [6.45, 7) is 4.38. The van der Waals surface area contributed by atoms with E-state index >= 15 is 0 Å². The predicted octanol–water partition coefficient (Wildman–Crippen LogP) is 8.22. The standard InChI is InChI=1S/C28H43N5O3/c1-3-4-5-6-7-8-9-10-11-12-13-14-15-16-21-29-27-26(33(35)36)28(31-22-30-27)32-25-19-17-24(18-20-25)23(2)34/h17-20,22H,3-16,21H2,1-2H3,(H2,29,30,31,32). The molecule has 36 heavy (non-hydrogen) atoms. The van der Waals surface area contributed by atoms with Gasteiger partial charge in [-0.25, -0.2) is 9.97 Å². The van der Waals surface area contributed by atoms with Crippen molar-refractivity contribution in [3.63, 3.8) is 0 Å². The number of hydrogen-bond acceptors (Lipinski definition) is 7. The number of nitrogens with zero attached hydrogens (tertiary/aromatic N) is 3. The number of rotatable bonds is 20. The number of aromatic nitrogens is 2. The van der Waals surface area contributed by atoms with Gasteiger partial charge in [0, 0.05) is 17.8 Å². The van der Waals surface area contributed by atoms with Crippen molar-refractivity contribution in [2.75, 3.05) is 17.2 Å². The van der Waals surface area contributed by atoms with Crippen LogP contribution in [0.25, 0.3) is 0 Å². The number of anilines is 3. The molecule has 1 heterocycles. The molecule has 198 valence electrons. The molecular weight excluding hydrogens is 454 g/mol. The molecule has 0 radical (unpaired) electrons. The minimum Gasteiger partial charge on any atom is -0.364 e. The van der Waals surface area contributed by atoms with Gasteiger partial charge in [0.2, 0.25) is 11.6 Å². The Hall–Kier alpha value is -3.03. The predicted molar refractivity (Wildman–Crippen MR) is 147 cm³/mol. The van der Waals surface area contributed by atoms with Crippen LogP contribution in [-0.2, 0) is 0 Å². The van der Waals surface area contributed by atoms with Gasteiger partial charge in [0.25, 0.3) is 0 Å². The number of ketones is 1. The Morgan fingerprint density at radius 1 is 0.806 bits per heavy atom. The van der Waals surface area contributed by atoms with Crippen LogP contribution in [0.1, 0.15) is 114 Å². The summed E-state index contributed by atoms with van der Waals surface area (Å²) >= 11 is 0. The summed E-state index contributed by atoms with van der Waals surface area (Å²) in [5.41, 5.74) is 1.01. The van der Waals surface area contributed by atoms with Crippen LogP contribution in [0.15, 0.2) is 30.6 Å². The first-order chi connectivity index (χ1) is 17.5. The van der Waals surface area contributed by atoms with Gasteiger partial charge >= 0.3 is 5.69 Å². The second-order valence-corrected chi connectivity index (χ2v) is 9.46. The Morgan fingerprint density at radius 2 is 1.31 bits per heavy atom. The van der Waals surface area contributed by atoms with Gasteiger partial charge < -0.3 is 10.6 Å². The van der Waals surface area contributed by atoms with Gasteiger partial charge in [-0.05, 0) is 37.6 Å². The number of Topliss-reactive ketones (excluding diaryl/α,β-unsaturated/α-hetero) is 1. The van der Waals surface area contributed by atoms with Gasteiger partial charge in [0.05, 0.1) is 4.92 Å². The lowest BCUT2D eigenvalue weighted by atomic mass is 10.0. The average molecular weight is 498 g/mol. The number of carbonyl (C=O) groups is 1. The summed E-state index contributed by atoms with van der Waals surface area (Å²) in [4.78, 5) is 30.9. The molecule has 0 aliphatic carbocycles. The molecule has 2 rings (SSSR count). The topological polar surface area (TPSA) is 110 Å². The smallest absolute Gasteiger partial charge is 0.353 e. The molecule has 0 amide bonds. The van der Waals surface area contributed by atoms with E-state index in [0.29, 0.717) is 17.8 Å². The Kier molecular flexibility index (Phi) is 14.1. The normalized spacial score (nSPS) is 10.8. The first-order valence-corrected chi connectivity index (χ1v) is 13.6. The monoisotopic (exact) mass is 497 g/mol. The van der Waals surface area contributed by atoms with Gasteiger partial charge in [0.1, 0.15) is 6.33 Å². The van der Waals surface area contributed by atoms with Crippen LogP contribution in [0, 0.1) is 10.1 Å². The zero-order valence-electron chi connectivity index (χ0n) is 22.1. The SMILES string of the molecule is CCCCCCCCCCCCCCCCNc1ncnc(Nc2ccc(C(C)=O)cc2)c1[N+](=O)[O-]. The molecular formula is C28H43N5O3. The minimum absolute atomic E-state index is 0.0375. The third-order valence-corrected chi connectivity index (χ3v) is 6.38. The van der Waals surface area contributed by atoms with Crippen molar-refractivity contribution in [1.82, 2.24) is 9.97 Å². The molecule has 0 fully saturated rings. The van der Waals surface area contributed by atoms with Crippen LogP contribution >= 0.6 is 0 Å². The lowest BCUT2D eigenvalue weighted by molar-refractivity contribution is -0.383.